The smallest absolute Gasteiger partial charge is 0.142 e. The molecule has 1 saturated carbocycles. The maximum absolute atomic E-state index is 5.34. The summed E-state index contributed by atoms with van der Waals surface area (Å²) >= 11 is 0. The number of ether oxygens (including phenoxy) is 1. The molecule has 2 rings (SSSR count). The average molecular weight is 247 g/mol. The van der Waals surface area contributed by atoms with E-state index in [-0.39, 0.29) is 0 Å². The van der Waals surface area contributed by atoms with Gasteiger partial charge in [0.15, 0.2) is 0 Å². The van der Waals surface area contributed by atoms with E-state index in [0.717, 1.165) is 11.3 Å². The van der Waals surface area contributed by atoms with Crippen molar-refractivity contribution in [3.8, 4) is 5.75 Å². The van der Waals surface area contributed by atoms with Crippen molar-refractivity contribution in [2.75, 3.05) is 7.11 Å². The number of hydrogen-bond donors (Lipinski definition) is 0. The minimum Gasteiger partial charge on any atom is -0.497 e. The zero-order valence-corrected chi connectivity index (χ0v) is 11.0. The summed E-state index contributed by atoms with van der Waals surface area (Å²) in [7, 11) is 1.67. The van der Waals surface area contributed by atoms with Gasteiger partial charge in [-0.1, -0.05) is 36.6 Å². The van der Waals surface area contributed by atoms with Crippen LogP contribution in [0.15, 0.2) is 29.4 Å². The minimum atomic E-state index is 0.500. The molecule has 3 heteroatoms. The fourth-order valence-electron chi connectivity index (χ4n) is 2.29. The second kappa shape index (κ2) is 7.04. The van der Waals surface area contributed by atoms with Crippen molar-refractivity contribution in [3.63, 3.8) is 0 Å². The van der Waals surface area contributed by atoms with Gasteiger partial charge in [-0.3, -0.25) is 0 Å². The third-order valence-electron chi connectivity index (χ3n) is 3.36. The van der Waals surface area contributed by atoms with E-state index >= 15 is 0 Å². The van der Waals surface area contributed by atoms with Crippen LogP contribution in [0, 0.1) is 5.92 Å². The van der Waals surface area contributed by atoms with E-state index < -0.39 is 0 Å². The molecule has 0 bridgehead atoms. The van der Waals surface area contributed by atoms with E-state index in [0.29, 0.717) is 12.5 Å². The molecule has 3 nitrogen and oxygen atoms in total. The minimum absolute atomic E-state index is 0.500. The molecule has 1 aliphatic rings. The lowest BCUT2D eigenvalue weighted by molar-refractivity contribution is 0.130. The van der Waals surface area contributed by atoms with E-state index in [9.17, 15) is 0 Å². The second-order valence-electron chi connectivity index (χ2n) is 4.78. The molecular formula is C15H21NO2. The van der Waals surface area contributed by atoms with E-state index in [2.05, 4.69) is 5.16 Å². The van der Waals surface area contributed by atoms with Gasteiger partial charge in [0.25, 0.3) is 0 Å². The number of methoxy groups -OCH3 is 1. The van der Waals surface area contributed by atoms with Crippen molar-refractivity contribution in [1.29, 1.82) is 0 Å². The normalized spacial score (nSPS) is 16.9. The van der Waals surface area contributed by atoms with Crippen molar-refractivity contribution in [3.05, 3.63) is 29.8 Å². The molecule has 1 aromatic carbocycles. The molecule has 0 aliphatic heterocycles. The molecule has 0 atom stereocenters. The number of oxime groups is 1. The molecule has 1 aliphatic carbocycles. The summed E-state index contributed by atoms with van der Waals surface area (Å²) in [4.78, 5) is 5.34. The summed E-state index contributed by atoms with van der Waals surface area (Å²) in [6.07, 6.45) is 8.51. The van der Waals surface area contributed by atoms with Gasteiger partial charge in [0.2, 0.25) is 0 Å². The molecule has 0 radical (unpaired) electrons. The predicted molar refractivity (Wildman–Crippen MR) is 72.9 cm³/mol. The van der Waals surface area contributed by atoms with Crippen molar-refractivity contribution in [2.24, 2.45) is 11.1 Å². The fourth-order valence-corrected chi connectivity index (χ4v) is 2.29. The highest BCUT2D eigenvalue weighted by Gasteiger charge is 2.10. The van der Waals surface area contributed by atoms with Crippen molar-refractivity contribution in [1.82, 2.24) is 0 Å². The topological polar surface area (TPSA) is 30.8 Å². The van der Waals surface area contributed by atoms with Gasteiger partial charge >= 0.3 is 0 Å². The quantitative estimate of drug-likeness (QED) is 0.585. The van der Waals surface area contributed by atoms with Crippen LogP contribution in [0.3, 0.4) is 0 Å². The van der Waals surface area contributed by atoms with Crippen LogP contribution in [0.2, 0.25) is 0 Å². The summed E-state index contributed by atoms with van der Waals surface area (Å²) in [5, 5.41) is 4.08. The van der Waals surface area contributed by atoms with Gasteiger partial charge in [0.1, 0.15) is 12.4 Å². The van der Waals surface area contributed by atoms with Gasteiger partial charge in [0.05, 0.1) is 7.11 Å². The first kappa shape index (κ1) is 12.9. The summed E-state index contributed by atoms with van der Waals surface area (Å²) in [5.74, 6) is 1.47. The first-order valence-corrected chi connectivity index (χ1v) is 6.67. The van der Waals surface area contributed by atoms with Crippen LogP contribution >= 0.6 is 0 Å². The first-order valence-electron chi connectivity index (χ1n) is 6.67. The lowest BCUT2D eigenvalue weighted by atomic mass is 9.90. The predicted octanol–water partition coefficient (Wildman–Crippen LogP) is 3.78. The van der Waals surface area contributed by atoms with Crippen molar-refractivity contribution < 1.29 is 9.57 Å². The zero-order chi connectivity index (χ0) is 12.6. The molecular weight excluding hydrogens is 226 g/mol. The number of rotatable bonds is 5. The third kappa shape index (κ3) is 4.06. The maximum Gasteiger partial charge on any atom is 0.142 e. The molecule has 0 aromatic heterocycles. The summed E-state index contributed by atoms with van der Waals surface area (Å²) in [6, 6.07) is 7.87. The Balaban J connectivity index is 1.75. The molecule has 0 amide bonds. The van der Waals surface area contributed by atoms with Gasteiger partial charge in [0, 0.05) is 6.21 Å². The Labute approximate surface area is 109 Å². The van der Waals surface area contributed by atoms with Crippen LogP contribution in [0.4, 0.5) is 0 Å². The highest BCUT2D eigenvalue weighted by atomic mass is 16.6. The third-order valence-corrected chi connectivity index (χ3v) is 3.36. The van der Waals surface area contributed by atoms with Gasteiger partial charge in [-0.25, -0.2) is 0 Å². The summed E-state index contributed by atoms with van der Waals surface area (Å²) < 4.78 is 5.16. The van der Waals surface area contributed by atoms with Crippen LogP contribution in [-0.2, 0) is 11.4 Å². The molecule has 0 heterocycles. The lowest BCUT2D eigenvalue weighted by Crippen LogP contribution is -2.07. The fraction of sp³-hybridized carbons (Fsp3) is 0.533. The highest BCUT2D eigenvalue weighted by Crippen LogP contribution is 2.22. The summed E-state index contributed by atoms with van der Waals surface area (Å²) in [5.41, 5.74) is 1.08. The molecule has 98 valence electrons. The van der Waals surface area contributed by atoms with E-state index in [1.54, 1.807) is 7.11 Å². The van der Waals surface area contributed by atoms with Crippen LogP contribution in [-0.4, -0.2) is 13.3 Å². The van der Waals surface area contributed by atoms with Gasteiger partial charge < -0.3 is 9.57 Å². The Bertz CT molecular complexity index is 384. The van der Waals surface area contributed by atoms with Crippen LogP contribution in [0.1, 0.15) is 37.7 Å². The Morgan fingerprint density at radius 2 is 2.11 bits per heavy atom. The Morgan fingerprint density at radius 1 is 1.28 bits per heavy atom. The number of nitrogens with zero attached hydrogens (tertiary/aromatic N) is 1. The van der Waals surface area contributed by atoms with Gasteiger partial charge in [-0.2, -0.15) is 0 Å². The number of benzene rings is 1. The van der Waals surface area contributed by atoms with Crippen molar-refractivity contribution >= 4 is 6.21 Å². The highest BCUT2D eigenvalue weighted by molar-refractivity contribution is 5.59. The van der Waals surface area contributed by atoms with E-state index in [1.165, 1.54) is 32.1 Å². The standard InChI is InChI=1S/C15H21NO2/c1-17-15-9-5-8-14(10-15)12-18-16-11-13-6-3-2-4-7-13/h5,8-11,13H,2-4,6-7,12H2,1H3. The Morgan fingerprint density at radius 3 is 2.89 bits per heavy atom. The average Bonchev–Trinajstić information content (AvgIpc) is 2.45. The molecule has 1 aromatic rings. The van der Waals surface area contributed by atoms with Gasteiger partial charge in [-0.15, -0.1) is 0 Å². The Hall–Kier alpha value is -1.51. The van der Waals surface area contributed by atoms with Crippen LogP contribution < -0.4 is 4.74 Å². The SMILES string of the molecule is COc1cccc(CON=CC2CCCCC2)c1. The zero-order valence-electron chi connectivity index (χ0n) is 11.0. The maximum atomic E-state index is 5.34. The molecule has 1 fully saturated rings. The number of hydrogen-bond acceptors (Lipinski definition) is 3. The largest absolute Gasteiger partial charge is 0.497 e. The Kier molecular flexibility index (Phi) is 5.06. The first-order chi connectivity index (χ1) is 8.88. The lowest BCUT2D eigenvalue weighted by Gasteiger charge is -2.16. The van der Waals surface area contributed by atoms with E-state index in [1.807, 2.05) is 30.5 Å². The summed E-state index contributed by atoms with van der Waals surface area (Å²) in [6.45, 7) is 0.500. The van der Waals surface area contributed by atoms with Crippen LogP contribution in [0.5, 0.6) is 5.75 Å². The molecule has 0 unspecified atom stereocenters. The van der Waals surface area contributed by atoms with E-state index in [4.69, 9.17) is 9.57 Å². The molecule has 0 saturated heterocycles. The molecule has 0 N–H and O–H groups in total. The molecule has 18 heavy (non-hydrogen) atoms. The van der Waals surface area contributed by atoms with Gasteiger partial charge in [-0.05, 0) is 36.5 Å². The monoisotopic (exact) mass is 247 g/mol. The molecule has 0 spiro atoms. The van der Waals surface area contributed by atoms with Crippen LogP contribution in [0.25, 0.3) is 0 Å². The van der Waals surface area contributed by atoms with Crippen molar-refractivity contribution in [2.45, 2.75) is 38.7 Å². The second-order valence-corrected chi connectivity index (χ2v) is 4.78.